The largest absolute Gasteiger partial charge is 0.478 e. The van der Waals surface area contributed by atoms with Crippen LogP contribution in [0.1, 0.15) is 84.8 Å². The fraction of sp³-hybridized carbons (Fsp3) is 0.429. The van der Waals surface area contributed by atoms with E-state index >= 15 is 8.78 Å². The van der Waals surface area contributed by atoms with Gasteiger partial charge in [-0.25, -0.2) is 4.79 Å². The molecule has 232 valence electrons. The summed E-state index contributed by atoms with van der Waals surface area (Å²) in [6, 6.07) is 13.8. The average molecular weight is 613 g/mol. The van der Waals surface area contributed by atoms with E-state index in [1.54, 1.807) is 36.4 Å². The Morgan fingerprint density at radius 3 is 2.34 bits per heavy atom. The third-order valence-electron chi connectivity index (χ3n) is 10.7. The SMILES string of the molecule is C[C@]12C[C@H](c3ccc(/C=C/c4cccc(C(=O)O)c4)cc3)C3=C4CCC(=O)C=C4CCC3C1CC[C@@]2(O)C(F)(F)C(F)(F)F. The van der Waals surface area contributed by atoms with Gasteiger partial charge in [0.05, 0.1) is 5.56 Å². The average Bonchev–Trinajstić information content (AvgIpc) is 3.26. The molecule has 6 rings (SSSR count). The van der Waals surface area contributed by atoms with E-state index in [2.05, 4.69) is 0 Å². The molecule has 0 bridgehead atoms. The van der Waals surface area contributed by atoms with Gasteiger partial charge in [0.1, 0.15) is 5.60 Å². The van der Waals surface area contributed by atoms with Crippen LogP contribution in [0.2, 0.25) is 0 Å². The van der Waals surface area contributed by atoms with Gasteiger partial charge in [0, 0.05) is 17.8 Å². The summed E-state index contributed by atoms with van der Waals surface area (Å²) in [5.74, 6) is -7.62. The second kappa shape index (κ2) is 10.5. The summed E-state index contributed by atoms with van der Waals surface area (Å²) >= 11 is 0. The second-order valence-corrected chi connectivity index (χ2v) is 12.9. The molecule has 2 fully saturated rings. The summed E-state index contributed by atoms with van der Waals surface area (Å²) in [7, 11) is 0. The highest BCUT2D eigenvalue weighted by molar-refractivity contribution is 5.93. The first-order chi connectivity index (χ1) is 20.7. The fourth-order valence-electron chi connectivity index (χ4n) is 8.52. The Labute approximate surface area is 252 Å². The van der Waals surface area contributed by atoms with Crippen molar-refractivity contribution < 1.29 is 41.8 Å². The van der Waals surface area contributed by atoms with E-state index in [9.17, 15) is 33.0 Å². The molecule has 0 saturated heterocycles. The van der Waals surface area contributed by atoms with E-state index in [1.807, 2.05) is 24.3 Å². The maximum absolute atomic E-state index is 15.2. The van der Waals surface area contributed by atoms with Crippen molar-refractivity contribution >= 4 is 23.9 Å². The van der Waals surface area contributed by atoms with Crippen molar-refractivity contribution in [2.45, 2.75) is 75.5 Å². The summed E-state index contributed by atoms with van der Waals surface area (Å²) in [4.78, 5) is 23.5. The minimum Gasteiger partial charge on any atom is -0.478 e. The number of carboxylic acids is 1. The van der Waals surface area contributed by atoms with Crippen LogP contribution in [0.4, 0.5) is 22.0 Å². The summed E-state index contributed by atoms with van der Waals surface area (Å²) in [6.45, 7) is 1.41. The van der Waals surface area contributed by atoms with Crippen LogP contribution in [0.5, 0.6) is 0 Å². The zero-order valence-corrected chi connectivity index (χ0v) is 24.1. The molecule has 44 heavy (non-hydrogen) atoms. The number of benzene rings is 2. The van der Waals surface area contributed by atoms with E-state index < -0.39 is 47.3 Å². The number of aliphatic hydroxyl groups is 1. The Kier molecular flexibility index (Phi) is 7.26. The molecule has 0 aliphatic heterocycles. The van der Waals surface area contributed by atoms with Gasteiger partial charge in [-0.05, 0) is 96.4 Å². The van der Waals surface area contributed by atoms with Crippen molar-refractivity contribution in [3.8, 4) is 0 Å². The summed E-state index contributed by atoms with van der Waals surface area (Å²) in [6.07, 6.45) is 0.605. The number of carboxylic acid groups (broad SMARTS) is 1. The highest BCUT2D eigenvalue weighted by Gasteiger charge is 2.79. The zero-order chi connectivity index (χ0) is 31.7. The lowest BCUT2D eigenvalue weighted by molar-refractivity contribution is -0.362. The van der Waals surface area contributed by atoms with Gasteiger partial charge >= 0.3 is 18.1 Å². The van der Waals surface area contributed by atoms with Gasteiger partial charge in [-0.3, -0.25) is 4.79 Å². The van der Waals surface area contributed by atoms with Crippen molar-refractivity contribution in [1.29, 1.82) is 0 Å². The minimum absolute atomic E-state index is 0.0325. The number of carbonyl (C=O) groups is 2. The smallest absolute Gasteiger partial charge is 0.456 e. The van der Waals surface area contributed by atoms with Crippen LogP contribution in [-0.2, 0) is 4.79 Å². The van der Waals surface area contributed by atoms with Crippen molar-refractivity contribution in [1.82, 2.24) is 0 Å². The number of halogens is 5. The van der Waals surface area contributed by atoms with Crippen molar-refractivity contribution in [3.05, 3.63) is 93.6 Å². The van der Waals surface area contributed by atoms with Gasteiger partial charge < -0.3 is 10.2 Å². The molecule has 4 nitrogen and oxygen atoms in total. The second-order valence-electron chi connectivity index (χ2n) is 12.9. The minimum atomic E-state index is -5.89. The van der Waals surface area contributed by atoms with Crippen LogP contribution >= 0.6 is 0 Å². The van der Waals surface area contributed by atoms with Crippen LogP contribution in [0.3, 0.4) is 0 Å². The molecule has 4 aliphatic rings. The Morgan fingerprint density at radius 1 is 0.955 bits per heavy atom. The number of carbonyl (C=O) groups excluding carboxylic acids is 1. The van der Waals surface area contributed by atoms with Crippen LogP contribution in [0.25, 0.3) is 12.2 Å². The Bertz CT molecular complexity index is 1600. The van der Waals surface area contributed by atoms with Gasteiger partial charge in [0.15, 0.2) is 5.78 Å². The molecule has 0 radical (unpaired) electrons. The van der Waals surface area contributed by atoms with Gasteiger partial charge in [0.25, 0.3) is 0 Å². The first-order valence-corrected chi connectivity index (χ1v) is 14.9. The summed E-state index contributed by atoms with van der Waals surface area (Å²) in [5.41, 5.74) is 0.409. The van der Waals surface area contributed by atoms with E-state index in [1.165, 1.54) is 13.0 Å². The van der Waals surface area contributed by atoms with Gasteiger partial charge in [0.2, 0.25) is 0 Å². The van der Waals surface area contributed by atoms with Crippen LogP contribution in [-0.4, -0.2) is 39.7 Å². The molecule has 9 heteroatoms. The maximum atomic E-state index is 15.2. The van der Waals surface area contributed by atoms with E-state index in [-0.39, 0.29) is 30.1 Å². The third-order valence-corrected chi connectivity index (χ3v) is 10.7. The highest BCUT2D eigenvalue weighted by atomic mass is 19.4. The number of fused-ring (bicyclic) bond motifs is 4. The van der Waals surface area contributed by atoms with Crippen molar-refractivity contribution in [3.63, 3.8) is 0 Å². The molecule has 0 spiro atoms. The number of hydrogen-bond donors (Lipinski definition) is 2. The summed E-state index contributed by atoms with van der Waals surface area (Å²) < 4.78 is 71.7. The number of alkyl halides is 5. The molecule has 0 aromatic heterocycles. The van der Waals surface area contributed by atoms with Gasteiger partial charge in [-0.2, -0.15) is 22.0 Å². The highest BCUT2D eigenvalue weighted by Crippen LogP contribution is 2.70. The Morgan fingerprint density at radius 2 is 1.66 bits per heavy atom. The van der Waals surface area contributed by atoms with E-state index in [0.29, 0.717) is 31.2 Å². The molecule has 5 atom stereocenters. The first kappa shape index (κ1) is 30.4. The van der Waals surface area contributed by atoms with Gasteiger partial charge in [-0.15, -0.1) is 0 Å². The molecule has 2 saturated carbocycles. The molecule has 4 aliphatic carbocycles. The number of allylic oxidation sites excluding steroid dienone is 4. The van der Waals surface area contributed by atoms with Gasteiger partial charge in [-0.1, -0.05) is 61.0 Å². The Hall–Kier alpha value is -3.59. The predicted molar refractivity (Wildman–Crippen MR) is 155 cm³/mol. The molecular formula is C35H33F5O4. The molecule has 2 unspecified atom stereocenters. The van der Waals surface area contributed by atoms with E-state index in [4.69, 9.17) is 0 Å². The van der Waals surface area contributed by atoms with Crippen LogP contribution < -0.4 is 0 Å². The lowest BCUT2D eigenvalue weighted by Gasteiger charge is -2.56. The molecule has 2 aromatic carbocycles. The van der Waals surface area contributed by atoms with Crippen molar-refractivity contribution in [2.75, 3.05) is 0 Å². The fourth-order valence-corrected chi connectivity index (χ4v) is 8.52. The molecule has 2 aromatic rings. The summed E-state index contributed by atoms with van der Waals surface area (Å²) in [5, 5.41) is 20.7. The lowest BCUT2D eigenvalue weighted by atomic mass is 9.50. The molecule has 0 heterocycles. The lowest BCUT2D eigenvalue weighted by Crippen LogP contribution is -2.65. The van der Waals surface area contributed by atoms with Crippen molar-refractivity contribution in [2.24, 2.45) is 17.3 Å². The predicted octanol–water partition coefficient (Wildman–Crippen LogP) is 8.38. The van der Waals surface area contributed by atoms with Crippen LogP contribution in [0.15, 0.2) is 71.3 Å². The molecule has 0 amide bonds. The standard InChI is InChI=1S/C35H33F5O4/c1-32-19-28(22-9-7-20(8-10-22)5-6-21-3-2-4-24(17-21)31(42)43)30-26-14-12-25(41)18-23(26)11-13-27(30)29(32)15-16-33(32,44)34(36,37)35(38,39)40/h2-10,17-18,27-29,44H,11-16,19H2,1H3,(H,42,43)/b6-5+/t27?,28-,29?,32+,33+/m1/s1. The normalized spacial score (nSPS) is 30.6. The zero-order valence-electron chi connectivity index (χ0n) is 24.1. The molecular weight excluding hydrogens is 579 g/mol. The number of rotatable bonds is 5. The first-order valence-electron chi connectivity index (χ1n) is 14.9. The number of hydrogen-bond acceptors (Lipinski definition) is 3. The topological polar surface area (TPSA) is 74.6 Å². The Balaban J connectivity index is 1.41. The quantitative estimate of drug-likeness (QED) is 0.263. The van der Waals surface area contributed by atoms with E-state index in [0.717, 1.165) is 27.8 Å². The van der Waals surface area contributed by atoms with Crippen LogP contribution in [0, 0.1) is 17.3 Å². The number of ketones is 1. The maximum Gasteiger partial charge on any atom is 0.456 e. The monoisotopic (exact) mass is 612 g/mol. The number of aromatic carboxylic acids is 1. The third kappa shape index (κ3) is 4.66. The molecule has 2 N–H and O–H groups in total.